The second-order valence-corrected chi connectivity index (χ2v) is 17.3. The van der Waals surface area contributed by atoms with Crippen molar-refractivity contribution in [1.29, 1.82) is 0 Å². The summed E-state index contributed by atoms with van der Waals surface area (Å²) in [7, 11) is 6.95. The van der Waals surface area contributed by atoms with E-state index in [1.54, 1.807) is 45.9 Å². The van der Waals surface area contributed by atoms with Crippen LogP contribution in [0.1, 0.15) is 62.1 Å². The predicted molar refractivity (Wildman–Crippen MR) is 244 cm³/mol. The standard InChI is InChI=1S/C18H17N5OS.C13H12BrN5O.C11H17BO2S/c1-12-10-25-11-13(12)14-9-22(2)17(19-14)7-6-16-20-18-15(24-3)5-4-8-23(18)21-16;1-18-8-10(14)15-12(18)6-5-11-16-13-9(20-2)4-3-7-19(13)17-11;1-8-6-15-7-9(8)12-13-10(2,3)11(4,5)14-12/h4-11H,1-3H3;3-8H,1-2H3;6-7H,1-5H3/b7-6+;6-5+;. The van der Waals surface area contributed by atoms with Crippen LogP contribution in [0.2, 0.25) is 0 Å². The number of hydrogen-bond donors (Lipinski definition) is 0. The highest BCUT2D eigenvalue weighted by atomic mass is 79.9. The Morgan fingerprint density at radius 3 is 1.67 bits per heavy atom. The van der Waals surface area contributed by atoms with Gasteiger partial charge in [0.1, 0.15) is 16.3 Å². The van der Waals surface area contributed by atoms with Crippen LogP contribution in [0.15, 0.2) is 75.2 Å². The van der Waals surface area contributed by atoms with E-state index in [9.17, 15) is 0 Å². The van der Waals surface area contributed by atoms with Crippen LogP contribution < -0.4 is 14.9 Å². The molecular weight excluding hydrogens is 863 g/mol. The van der Waals surface area contributed by atoms with E-state index in [0.717, 1.165) is 21.9 Å². The van der Waals surface area contributed by atoms with Gasteiger partial charge in [0.15, 0.2) is 34.4 Å². The van der Waals surface area contributed by atoms with Crippen LogP contribution in [-0.4, -0.2) is 80.8 Å². The van der Waals surface area contributed by atoms with E-state index in [1.807, 2.05) is 96.6 Å². The Morgan fingerprint density at radius 2 is 1.20 bits per heavy atom. The number of aryl methyl sites for hydroxylation is 4. The maximum atomic E-state index is 5.97. The molecule has 0 unspecified atom stereocenters. The number of fused-ring (bicyclic) bond motifs is 2. The molecule has 8 aromatic heterocycles. The Bertz CT molecular complexity index is 2800. The van der Waals surface area contributed by atoms with Gasteiger partial charge in [-0.15, -0.1) is 10.2 Å². The minimum Gasteiger partial charge on any atom is -0.493 e. The summed E-state index contributed by atoms with van der Waals surface area (Å²) in [6, 6.07) is 7.46. The van der Waals surface area contributed by atoms with Crippen molar-refractivity contribution >= 4 is 86.8 Å². The number of hydrogen-bond acceptors (Lipinski definition) is 12. The number of imidazole rings is 2. The normalized spacial score (nSPS) is 14.6. The fourth-order valence-electron chi connectivity index (χ4n) is 6.12. The fraction of sp³-hybridized carbons (Fsp3) is 0.286. The third-order valence-corrected chi connectivity index (χ3v) is 12.3. The molecule has 0 saturated carbocycles. The lowest BCUT2D eigenvalue weighted by Crippen LogP contribution is -2.41. The van der Waals surface area contributed by atoms with E-state index in [1.165, 1.54) is 22.2 Å². The maximum absolute atomic E-state index is 5.97. The van der Waals surface area contributed by atoms with Crippen molar-refractivity contribution in [3.63, 3.8) is 0 Å². The average molecular weight is 910 g/mol. The first-order valence-corrected chi connectivity index (χ1v) is 21.6. The smallest absolute Gasteiger partial charge is 0.493 e. The Kier molecular flexibility index (Phi) is 12.6. The molecule has 14 nitrogen and oxygen atoms in total. The SMILES string of the molecule is COc1cccn2nc(/C=C/c3nc(-c4cscc4C)cn3C)nc12.COc1cccn2nc(/C=C/c3nc(Br)cn3C)nc12.Cc1cscc1B1OC(C)(C)C(C)(C)O1. The number of methoxy groups -OCH3 is 2. The highest BCUT2D eigenvalue weighted by Crippen LogP contribution is 2.37. The van der Waals surface area contributed by atoms with Gasteiger partial charge in [-0.1, -0.05) is 0 Å². The van der Waals surface area contributed by atoms with Gasteiger partial charge in [0.05, 0.1) is 31.1 Å². The molecule has 9 rings (SSSR count). The number of ether oxygens (including phenoxy) is 2. The quantitative estimate of drug-likeness (QED) is 0.137. The van der Waals surface area contributed by atoms with Crippen molar-refractivity contribution in [2.45, 2.75) is 52.7 Å². The van der Waals surface area contributed by atoms with Crippen LogP contribution in [0.25, 0.3) is 46.9 Å². The Balaban J connectivity index is 0.000000141. The van der Waals surface area contributed by atoms with Crippen LogP contribution >= 0.6 is 38.6 Å². The molecule has 0 aromatic carbocycles. The molecule has 0 radical (unpaired) electrons. The van der Waals surface area contributed by atoms with Gasteiger partial charge in [-0.25, -0.2) is 29.0 Å². The molecule has 8 aromatic rings. The van der Waals surface area contributed by atoms with Gasteiger partial charge in [0.25, 0.3) is 0 Å². The van der Waals surface area contributed by atoms with Crippen molar-refractivity contribution < 1.29 is 18.8 Å². The van der Waals surface area contributed by atoms with E-state index < -0.39 is 0 Å². The number of pyridine rings is 2. The summed E-state index contributed by atoms with van der Waals surface area (Å²) in [5.41, 5.74) is 6.71. The van der Waals surface area contributed by atoms with Crippen LogP contribution in [0.4, 0.5) is 0 Å². The highest BCUT2D eigenvalue weighted by molar-refractivity contribution is 9.10. The summed E-state index contributed by atoms with van der Waals surface area (Å²) in [5, 5.41) is 17.3. The minimum atomic E-state index is -0.244. The second-order valence-electron chi connectivity index (χ2n) is 15.0. The molecule has 0 aliphatic carbocycles. The third kappa shape index (κ3) is 9.17. The summed E-state index contributed by atoms with van der Waals surface area (Å²) in [6.07, 6.45) is 15.1. The first-order chi connectivity index (χ1) is 28.7. The van der Waals surface area contributed by atoms with E-state index in [2.05, 4.69) is 104 Å². The van der Waals surface area contributed by atoms with Crippen LogP contribution in [0, 0.1) is 13.8 Å². The largest absolute Gasteiger partial charge is 0.495 e. The van der Waals surface area contributed by atoms with Gasteiger partial charge in [-0.05, 0) is 139 Å². The topological polar surface area (TPSA) is 133 Å². The molecule has 60 heavy (non-hydrogen) atoms. The molecule has 0 amide bonds. The molecular formula is C42H46BBrN10O4S2. The lowest BCUT2D eigenvalue weighted by atomic mass is 9.79. The fourth-order valence-corrected chi connectivity index (χ4v) is 8.31. The molecule has 0 spiro atoms. The molecule has 310 valence electrons. The van der Waals surface area contributed by atoms with E-state index >= 15 is 0 Å². The summed E-state index contributed by atoms with van der Waals surface area (Å²) in [6.45, 7) is 12.5. The number of aromatic nitrogens is 10. The zero-order valence-electron chi connectivity index (χ0n) is 35.1. The Morgan fingerprint density at radius 1 is 0.683 bits per heavy atom. The molecule has 0 N–H and O–H groups in total. The first kappa shape index (κ1) is 42.7. The van der Waals surface area contributed by atoms with Crippen LogP contribution in [0.3, 0.4) is 0 Å². The van der Waals surface area contributed by atoms with Crippen molar-refractivity contribution in [3.05, 3.63) is 110 Å². The van der Waals surface area contributed by atoms with Gasteiger partial charge >= 0.3 is 7.12 Å². The monoisotopic (exact) mass is 908 g/mol. The zero-order chi connectivity index (χ0) is 42.8. The van der Waals surface area contributed by atoms with Gasteiger partial charge in [-0.3, -0.25) is 0 Å². The van der Waals surface area contributed by atoms with Crippen molar-refractivity contribution in [2.24, 2.45) is 14.1 Å². The summed E-state index contributed by atoms with van der Waals surface area (Å²) < 4.78 is 30.6. The molecule has 1 aliphatic rings. The minimum absolute atomic E-state index is 0.207. The van der Waals surface area contributed by atoms with E-state index in [4.69, 9.17) is 23.8 Å². The van der Waals surface area contributed by atoms with E-state index in [0.29, 0.717) is 34.4 Å². The zero-order valence-corrected chi connectivity index (χ0v) is 38.3. The lowest BCUT2D eigenvalue weighted by Gasteiger charge is -2.32. The number of rotatable bonds is 8. The maximum Gasteiger partial charge on any atom is 0.495 e. The van der Waals surface area contributed by atoms with Gasteiger partial charge in [-0.2, -0.15) is 22.7 Å². The molecule has 0 atom stereocenters. The Labute approximate surface area is 365 Å². The summed E-state index contributed by atoms with van der Waals surface area (Å²) >= 11 is 6.72. The van der Waals surface area contributed by atoms with Gasteiger partial charge in [0, 0.05) is 49.8 Å². The second kappa shape index (κ2) is 17.7. The third-order valence-electron chi connectivity index (χ3n) is 10.2. The highest BCUT2D eigenvalue weighted by Gasteiger charge is 2.52. The number of halogens is 1. The van der Waals surface area contributed by atoms with Crippen molar-refractivity contribution in [1.82, 2.24) is 48.3 Å². The van der Waals surface area contributed by atoms with Crippen molar-refractivity contribution in [3.8, 4) is 22.8 Å². The van der Waals surface area contributed by atoms with E-state index in [-0.39, 0.29) is 18.3 Å². The Hall–Kier alpha value is -5.40. The molecule has 9 heterocycles. The molecule has 1 aliphatic heterocycles. The van der Waals surface area contributed by atoms with Crippen molar-refractivity contribution in [2.75, 3.05) is 14.2 Å². The lowest BCUT2D eigenvalue weighted by molar-refractivity contribution is 0.00578. The summed E-state index contributed by atoms with van der Waals surface area (Å²) in [4.78, 5) is 18.0. The predicted octanol–water partition coefficient (Wildman–Crippen LogP) is 8.44. The summed E-state index contributed by atoms with van der Waals surface area (Å²) in [5.74, 6) is 4.28. The molecule has 1 saturated heterocycles. The first-order valence-electron chi connectivity index (χ1n) is 18.9. The molecule has 0 bridgehead atoms. The molecule has 1 fully saturated rings. The number of thiophene rings is 2. The molecule has 18 heteroatoms. The van der Waals surface area contributed by atoms with Gasteiger partial charge < -0.3 is 27.9 Å². The van der Waals surface area contributed by atoms with Gasteiger partial charge in [0.2, 0.25) is 0 Å². The van der Waals surface area contributed by atoms with Crippen LogP contribution in [0.5, 0.6) is 11.5 Å². The van der Waals surface area contributed by atoms with Crippen LogP contribution in [-0.2, 0) is 23.4 Å². The number of nitrogens with zero attached hydrogens (tertiary/aromatic N) is 10. The average Bonchev–Trinajstić information content (AvgIpc) is 4.08.